The van der Waals surface area contributed by atoms with Gasteiger partial charge in [0.05, 0.1) is 0 Å². The second-order valence-corrected chi connectivity index (χ2v) is 3.68. The molecule has 0 aromatic carbocycles. The molecule has 0 aromatic heterocycles. The molecular formula is H5LiMoO7P2. The van der Waals surface area contributed by atoms with Gasteiger partial charge in [-0.25, -0.2) is 9.13 Å². The topological polar surface area (TPSA) is 124 Å². The molecule has 0 amide bonds. The fourth-order valence-electron chi connectivity index (χ4n) is 0.139. The van der Waals surface area contributed by atoms with Crippen LogP contribution in [-0.2, 0) is 34.5 Å². The number of hydrogen-bond donors (Lipinski definition) is 4. The summed E-state index contributed by atoms with van der Waals surface area (Å²) >= 11 is 0. The monoisotopic (exact) mass is 284 g/mol. The number of phosphoric acid groups is 2. The number of hydrogen-bond acceptors (Lipinski definition) is 3. The summed E-state index contributed by atoms with van der Waals surface area (Å²) in [5.74, 6) is 0. The Morgan fingerprint density at radius 2 is 1.18 bits per heavy atom. The Balaban J connectivity index is -0.000000107. The van der Waals surface area contributed by atoms with Gasteiger partial charge in [-0.3, -0.25) is 0 Å². The summed E-state index contributed by atoms with van der Waals surface area (Å²) in [4.78, 5) is 31.0. The first-order valence-electron chi connectivity index (χ1n) is 1.53. The molecule has 0 rings (SSSR count). The molecule has 0 aliphatic carbocycles. The first-order valence-corrected chi connectivity index (χ1v) is 4.59. The molecule has 0 spiro atoms. The van der Waals surface area contributed by atoms with Gasteiger partial charge in [0, 0.05) is 21.1 Å². The number of rotatable bonds is 2. The van der Waals surface area contributed by atoms with E-state index in [-0.39, 0.29) is 41.4 Å². The van der Waals surface area contributed by atoms with Crippen LogP contribution in [0.25, 0.3) is 0 Å². The minimum absolute atomic E-state index is 0. The molecule has 7 nitrogen and oxygen atoms in total. The van der Waals surface area contributed by atoms with Crippen molar-refractivity contribution in [2.24, 2.45) is 0 Å². The summed E-state index contributed by atoms with van der Waals surface area (Å²) in [5, 5.41) is 0. The minimum Gasteiger partial charge on any atom is -1.00 e. The molecule has 4 N–H and O–H groups in total. The van der Waals surface area contributed by atoms with Gasteiger partial charge in [0.25, 0.3) is 0 Å². The van der Waals surface area contributed by atoms with Gasteiger partial charge < -0.3 is 21.0 Å². The van der Waals surface area contributed by atoms with Crippen LogP contribution in [0.2, 0.25) is 0 Å². The molecule has 0 heterocycles. The smallest absolute Gasteiger partial charge is 1.00 e. The molecule has 0 saturated carbocycles. The van der Waals surface area contributed by atoms with Gasteiger partial charge in [0.15, 0.2) is 0 Å². The third-order valence-electron chi connectivity index (χ3n) is 0.213. The van der Waals surface area contributed by atoms with Gasteiger partial charge in [-0.2, -0.15) is 4.31 Å². The third-order valence-corrected chi connectivity index (χ3v) is 1.91. The molecule has 0 aromatic rings. The van der Waals surface area contributed by atoms with Crippen molar-refractivity contribution in [2.75, 3.05) is 0 Å². The Kier molecular flexibility index (Phi) is 10.1. The summed E-state index contributed by atoms with van der Waals surface area (Å²) in [6.45, 7) is 0. The summed E-state index contributed by atoms with van der Waals surface area (Å²) in [7, 11) is -10.1. The summed E-state index contributed by atoms with van der Waals surface area (Å²) in [5.41, 5.74) is 0. The van der Waals surface area contributed by atoms with Crippen LogP contribution < -0.4 is 18.9 Å². The predicted molar refractivity (Wildman–Crippen MR) is 26.3 cm³/mol. The molecule has 0 aliphatic rings. The molecule has 0 fully saturated rings. The van der Waals surface area contributed by atoms with Crippen LogP contribution in [0.15, 0.2) is 0 Å². The van der Waals surface area contributed by atoms with Gasteiger partial charge in [0.1, 0.15) is 0 Å². The molecule has 0 aliphatic heterocycles. The van der Waals surface area contributed by atoms with Crippen molar-refractivity contribution in [1.29, 1.82) is 0 Å². The van der Waals surface area contributed by atoms with Crippen molar-refractivity contribution in [3.05, 3.63) is 0 Å². The fraction of sp³-hybridized carbons (Fsp3) is 0. The zero-order chi connectivity index (χ0) is 7.71. The molecule has 0 unspecified atom stereocenters. The zero-order valence-corrected chi connectivity index (χ0v) is 9.11. The maximum absolute atomic E-state index is 9.63. The van der Waals surface area contributed by atoms with Crippen molar-refractivity contribution >= 4 is 15.6 Å². The van der Waals surface area contributed by atoms with Crippen LogP contribution in [0.4, 0.5) is 0 Å². The van der Waals surface area contributed by atoms with E-state index in [4.69, 9.17) is 19.6 Å². The molecule has 0 atom stereocenters. The Morgan fingerprint density at radius 3 is 1.18 bits per heavy atom. The van der Waals surface area contributed by atoms with Crippen LogP contribution in [0.3, 0.4) is 0 Å². The van der Waals surface area contributed by atoms with Crippen LogP contribution in [0.5, 0.6) is 0 Å². The normalized spacial score (nSPS) is 11.3. The summed E-state index contributed by atoms with van der Waals surface area (Å²) in [6.07, 6.45) is 0. The largest absolute Gasteiger partial charge is 1.00 e. The van der Waals surface area contributed by atoms with Gasteiger partial charge in [-0.15, -0.1) is 0 Å². The van der Waals surface area contributed by atoms with E-state index in [2.05, 4.69) is 4.31 Å². The van der Waals surface area contributed by atoms with Crippen LogP contribution in [0, 0.1) is 0 Å². The predicted octanol–water partition coefficient (Wildman–Crippen LogP) is -3.70. The van der Waals surface area contributed by atoms with Crippen molar-refractivity contribution in [1.82, 2.24) is 0 Å². The Labute approximate surface area is 89.9 Å². The first kappa shape index (κ1) is 18.4. The van der Waals surface area contributed by atoms with Gasteiger partial charge in [-0.05, 0) is 0 Å². The van der Waals surface area contributed by atoms with E-state index in [0.29, 0.717) is 0 Å². The van der Waals surface area contributed by atoms with Crippen LogP contribution in [-0.4, -0.2) is 19.6 Å². The average Bonchev–Trinajstić information content (AvgIpc) is 1.14. The quantitative estimate of drug-likeness (QED) is 0.303. The molecule has 64 valence electrons. The third kappa shape index (κ3) is 18.5. The van der Waals surface area contributed by atoms with E-state index >= 15 is 0 Å². The molecular weight excluding hydrogens is 277 g/mol. The Morgan fingerprint density at radius 1 is 1.00 bits per heavy atom. The van der Waals surface area contributed by atoms with E-state index in [9.17, 15) is 9.13 Å². The Hall–Kier alpha value is 1.55. The van der Waals surface area contributed by atoms with Gasteiger partial charge in [0.2, 0.25) is 0 Å². The summed E-state index contributed by atoms with van der Waals surface area (Å²) < 4.78 is 22.2. The molecule has 0 saturated heterocycles. The second kappa shape index (κ2) is 6.07. The van der Waals surface area contributed by atoms with Gasteiger partial charge in [-0.1, -0.05) is 0 Å². The van der Waals surface area contributed by atoms with Crippen molar-refractivity contribution in [3.8, 4) is 0 Å². The van der Waals surface area contributed by atoms with E-state index in [1.54, 1.807) is 0 Å². The van der Waals surface area contributed by atoms with Crippen molar-refractivity contribution < 1.29 is 74.4 Å². The SMILES string of the molecule is O=P(O)(O)OP(=O)(O)O.[H-].[Li+].[Mo]. The zero-order valence-electron chi connectivity index (χ0n) is 6.32. The minimum atomic E-state index is -5.05. The van der Waals surface area contributed by atoms with Crippen LogP contribution in [0.1, 0.15) is 1.43 Å². The first-order chi connectivity index (χ1) is 3.71. The summed E-state index contributed by atoms with van der Waals surface area (Å²) in [6, 6.07) is 0. The van der Waals surface area contributed by atoms with E-state index in [1.165, 1.54) is 0 Å². The van der Waals surface area contributed by atoms with E-state index < -0.39 is 15.6 Å². The van der Waals surface area contributed by atoms with Crippen LogP contribution >= 0.6 is 15.6 Å². The van der Waals surface area contributed by atoms with E-state index in [1.807, 2.05) is 0 Å². The van der Waals surface area contributed by atoms with Crippen molar-refractivity contribution in [3.63, 3.8) is 0 Å². The van der Waals surface area contributed by atoms with E-state index in [0.717, 1.165) is 0 Å². The maximum atomic E-state index is 9.63. The molecule has 11 heavy (non-hydrogen) atoms. The van der Waals surface area contributed by atoms with Gasteiger partial charge >= 0.3 is 34.5 Å². The fourth-order valence-corrected chi connectivity index (χ4v) is 1.25. The second-order valence-electron chi connectivity index (χ2n) is 1.06. The molecule has 0 radical (unpaired) electrons. The Bertz CT molecular complexity index is 162. The average molecular weight is 282 g/mol. The maximum Gasteiger partial charge on any atom is 1.00 e. The molecule has 0 bridgehead atoms. The van der Waals surface area contributed by atoms with Crippen molar-refractivity contribution in [2.45, 2.75) is 0 Å². The standard InChI is InChI=1S/Li.Mo.H4O7P2.H/c;;1-8(2,3)7-9(4,5)6;/h;;(H2,1,2,3)(H2,4,5,6);/q+1;;;-1. The molecule has 11 heteroatoms.